The van der Waals surface area contributed by atoms with Gasteiger partial charge in [0.1, 0.15) is 5.69 Å². The lowest BCUT2D eigenvalue weighted by Gasteiger charge is -2.09. The molecular weight excluding hydrogens is 348 g/mol. The minimum Gasteiger partial charge on any atom is -0.339 e. The predicted octanol–water partition coefficient (Wildman–Crippen LogP) is 4.04. The van der Waals surface area contributed by atoms with E-state index < -0.39 is 0 Å². The van der Waals surface area contributed by atoms with Gasteiger partial charge in [-0.25, -0.2) is 0 Å². The lowest BCUT2D eigenvalue weighted by molar-refractivity contribution is 0.102. The van der Waals surface area contributed by atoms with E-state index in [1.807, 2.05) is 41.8 Å². The minimum atomic E-state index is -0.261. The quantitative estimate of drug-likeness (QED) is 0.579. The van der Waals surface area contributed by atoms with Gasteiger partial charge in [-0.05, 0) is 35.2 Å². The maximum Gasteiger partial charge on any atom is 0.274 e. The molecular formula is C19H14N4O2S. The number of carbonyl (C=O) groups is 1. The van der Waals surface area contributed by atoms with Crippen LogP contribution in [0.4, 0.5) is 5.69 Å². The highest BCUT2D eigenvalue weighted by atomic mass is 32.1. The maximum atomic E-state index is 12.4. The van der Waals surface area contributed by atoms with Crippen LogP contribution in [-0.4, -0.2) is 21.0 Å². The van der Waals surface area contributed by atoms with Crippen molar-refractivity contribution in [3.63, 3.8) is 0 Å². The summed E-state index contributed by atoms with van der Waals surface area (Å²) in [5.41, 5.74) is 1.94. The number of para-hydroxylation sites is 1. The third kappa shape index (κ3) is 3.52. The van der Waals surface area contributed by atoms with Gasteiger partial charge in [0.2, 0.25) is 11.7 Å². The number of aromatic nitrogens is 3. The summed E-state index contributed by atoms with van der Waals surface area (Å²) in [6.07, 6.45) is 2.02. The molecule has 3 aromatic heterocycles. The Balaban J connectivity index is 1.54. The second-order valence-corrected chi connectivity index (χ2v) is 6.44. The summed E-state index contributed by atoms with van der Waals surface area (Å²) in [5, 5.41) is 8.88. The number of benzene rings is 1. The van der Waals surface area contributed by atoms with Crippen molar-refractivity contribution in [1.82, 2.24) is 15.1 Å². The van der Waals surface area contributed by atoms with E-state index >= 15 is 0 Å². The average molecular weight is 362 g/mol. The van der Waals surface area contributed by atoms with Crippen LogP contribution in [0.2, 0.25) is 0 Å². The number of hydrogen-bond donors (Lipinski definition) is 1. The largest absolute Gasteiger partial charge is 0.339 e. The Morgan fingerprint density at radius 1 is 1.08 bits per heavy atom. The van der Waals surface area contributed by atoms with Crippen molar-refractivity contribution in [3.8, 4) is 10.7 Å². The Hall–Kier alpha value is -3.32. The molecule has 6 nitrogen and oxygen atoms in total. The first-order chi connectivity index (χ1) is 12.8. The smallest absolute Gasteiger partial charge is 0.274 e. The van der Waals surface area contributed by atoms with Gasteiger partial charge in [0.25, 0.3) is 5.91 Å². The monoisotopic (exact) mass is 362 g/mol. The van der Waals surface area contributed by atoms with Crippen LogP contribution >= 0.6 is 11.3 Å². The molecule has 0 atom stereocenters. The van der Waals surface area contributed by atoms with E-state index in [2.05, 4.69) is 20.4 Å². The molecule has 0 spiro atoms. The lowest BCUT2D eigenvalue weighted by atomic mass is 10.1. The molecule has 0 fully saturated rings. The zero-order chi connectivity index (χ0) is 17.8. The molecule has 1 aromatic carbocycles. The van der Waals surface area contributed by atoms with Gasteiger partial charge in [-0.2, -0.15) is 4.98 Å². The highest BCUT2D eigenvalue weighted by Gasteiger charge is 2.14. The summed E-state index contributed by atoms with van der Waals surface area (Å²) in [6.45, 7) is 0. The van der Waals surface area contributed by atoms with Gasteiger partial charge in [0.15, 0.2) is 0 Å². The number of nitrogens with zero attached hydrogens (tertiary/aromatic N) is 3. The highest BCUT2D eigenvalue weighted by Crippen LogP contribution is 2.24. The van der Waals surface area contributed by atoms with E-state index in [1.165, 1.54) is 0 Å². The Kier molecular flexibility index (Phi) is 4.53. The van der Waals surface area contributed by atoms with E-state index in [9.17, 15) is 4.79 Å². The van der Waals surface area contributed by atoms with E-state index in [0.29, 0.717) is 29.5 Å². The van der Waals surface area contributed by atoms with Crippen molar-refractivity contribution < 1.29 is 9.32 Å². The molecule has 26 heavy (non-hydrogen) atoms. The summed E-state index contributed by atoms with van der Waals surface area (Å²) in [5.74, 6) is 0.806. The Bertz CT molecular complexity index is 1010. The van der Waals surface area contributed by atoms with Crippen molar-refractivity contribution in [2.75, 3.05) is 5.32 Å². The molecule has 0 unspecified atom stereocenters. The first-order valence-corrected chi connectivity index (χ1v) is 8.84. The molecule has 4 aromatic rings. The first-order valence-electron chi connectivity index (χ1n) is 7.96. The van der Waals surface area contributed by atoms with Gasteiger partial charge in [0, 0.05) is 11.9 Å². The fraction of sp³-hybridized carbons (Fsp3) is 0.0526. The summed E-state index contributed by atoms with van der Waals surface area (Å²) in [6, 6.07) is 16.6. The Labute approximate surface area is 153 Å². The number of amides is 1. The molecule has 1 N–H and O–H groups in total. The summed E-state index contributed by atoms with van der Waals surface area (Å²) >= 11 is 1.56. The van der Waals surface area contributed by atoms with Crippen molar-refractivity contribution >= 4 is 22.9 Å². The van der Waals surface area contributed by atoms with Crippen LogP contribution in [0, 0.1) is 0 Å². The number of thiophene rings is 1. The van der Waals surface area contributed by atoms with Crippen molar-refractivity contribution in [1.29, 1.82) is 0 Å². The van der Waals surface area contributed by atoms with Crippen LogP contribution in [0.25, 0.3) is 10.7 Å². The zero-order valence-corrected chi connectivity index (χ0v) is 14.4. The van der Waals surface area contributed by atoms with E-state index in [-0.39, 0.29) is 5.91 Å². The van der Waals surface area contributed by atoms with Crippen LogP contribution in [0.5, 0.6) is 0 Å². The average Bonchev–Trinajstić information content (AvgIpc) is 3.36. The number of hydrogen-bond acceptors (Lipinski definition) is 6. The van der Waals surface area contributed by atoms with Crippen LogP contribution < -0.4 is 5.32 Å². The molecule has 0 saturated heterocycles. The Morgan fingerprint density at radius 2 is 1.96 bits per heavy atom. The first kappa shape index (κ1) is 16.2. The van der Waals surface area contributed by atoms with Crippen molar-refractivity contribution in [2.24, 2.45) is 0 Å². The third-order valence-corrected chi connectivity index (χ3v) is 4.58. The molecule has 7 heteroatoms. The van der Waals surface area contributed by atoms with E-state index in [1.54, 1.807) is 35.7 Å². The Morgan fingerprint density at radius 3 is 2.77 bits per heavy atom. The highest BCUT2D eigenvalue weighted by molar-refractivity contribution is 7.13. The minimum absolute atomic E-state index is 0.261. The number of rotatable bonds is 5. The van der Waals surface area contributed by atoms with Gasteiger partial charge in [-0.3, -0.25) is 9.78 Å². The molecule has 0 aliphatic heterocycles. The van der Waals surface area contributed by atoms with Crippen LogP contribution in [0.1, 0.15) is 21.9 Å². The summed E-state index contributed by atoms with van der Waals surface area (Å²) in [4.78, 5) is 21.8. The molecule has 128 valence electrons. The zero-order valence-electron chi connectivity index (χ0n) is 13.6. The fourth-order valence-corrected chi connectivity index (χ4v) is 3.12. The fourth-order valence-electron chi connectivity index (χ4n) is 2.48. The maximum absolute atomic E-state index is 12.4. The SMILES string of the molecule is O=C(Nc1ccccc1Cc1nc(-c2cccs2)no1)c1ccccn1. The lowest BCUT2D eigenvalue weighted by Crippen LogP contribution is -2.14. The number of anilines is 1. The van der Waals surface area contributed by atoms with Gasteiger partial charge < -0.3 is 9.84 Å². The summed E-state index contributed by atoms with van der Waals surface area (Å²) in [7, 11) is 0. The van der Waals surface area contributed by atoms with Crippen molar-refractivity contribution in [2.45, 2.75) is 6.42 Å². The topological polar surface area (TPSA) is 80.9 Å². The van der Waals surface area contributed by atoms with Gasteiger partial charge >= 0.3 is 0 Å². The normalized spacial score (nSPS) is 10.6. The number of carbonyl (C=O) groups excluding carboxylic acids is 1. The van der Waals surface area contributed by atoms with Crippen LogP contribution in [-0.2, 0) is 6.42 Å². The molecule has 0 radical (unpaired) electrons. The van der Waals surface area contributed by atoms with Crippen molar-refractivity contribution in [3.05, 3.63) is 83.3 Å². The summed E-state index contributed by atoms with van der Waals surface area (Å²) < 4.78 is 5.36. The second-order valence-electron chi connectivity index (χ2n) is 5.49. The number of pyridine rings is 1. The van der Waals surface area contributed by atoms with Gasteiger partial charge in [-0.1, -0.05) is 35.5 Å². The van der Waals surface area contributed by atoms with Gasteiger partial charge in [-0.15, -0.1) is 11.3 Å². The van der Waals surface area contributed by atoms with E-state index in [4.69, 9.17) is 4.52 Å². The predicted molar refractivity (Wildman–Crippen MR) is 99.0 cm³/mol. The molecule has 4 rings (SSSR count). The standard InChI is InChI=1S/C19H14N4O2S/c24-19(15-8-3-4-10-20-15)21-14-7-2-1-6-13(14)12-17-22-18(23-25-17)16-9-5-11-26-16/h1-11H,12H2,(H,21,24). The molecule has 0 bridgehead atoms. The van der Waals surface area contributed by atoms with Gasteiger partial charge in [0.05, 0.1) is 11.3 Å². The number of nitrogens with one attached hydrogen (secondary N) is 1. The molecule has 0 aliphatic carbocycles. The second kappa shape index (κ2) is 7.28. The van der Waals surface area contributed by atoms with E-state index in [0.717, 1.165) is 10.4 Å². The molecule has 0 saturated carbocycles. The third-order valence-electron chi connectivity index (χ3n) is 3.71. The molecule has 1 amide bonds. The molecule has 0 aliphatic rings. The van der Waals surface area contributed by atoms with Crippen LogP contribution in [0.15, 0.2) is 70.7 Å². The van der Waals surface area contributed by atoms with Crippen LogP contribution in [0.3, 0.4) is 0 Å². The molecule has 3 heterocycles.